The number of nitrogens with one attached hydrogen (secondary N) is 1. The number of hydrogen-bond donors (Lipinski definition) is 1. The summed E-state index contributed by atoms with van der Waals surface area (Å²) in [5.41, 5.74) is 2.17. The van der Waals surface area contributed by atoms with Gasteiger partial charge >= 0.3 is 6.36 Å². The highest BCUT2D eigenvalue weighted by atomic mass is 19.4. The van der Waals surface area contributed by atoms with Crippen molar-refractivity contribution in [1.29, 1.82) is 0 Å². The molecule has 0 spiro atoms. The Morgan fingerprint density at radius 1 is 0.925 bits per heavy atom. The summed E-state index contributed by atoms with van der Waals surface area (Å²) in [7, 11) is 0. The van der Waals surface area contributed by atoms with E-state index >= 15 is 0 Å². The maximum Gasteiger partial charge on any atom is 0.573 e. The van der Waals surface area contributed by atoms with Gasteiger partial charge in [0.05, 0.1) is 0 Å². The van der Waals surface area contributed by atoms with E-state index in [-0.39, 0.29) is 48.6 Å². The molecule has 3 amide bonds. The van der Waals surface area contributed by atoms with Gasteiger partial charge in [0, 0.05) is 43.6 Å². The van der Waals surface area contributed by atoms with Crippen LogP contribution >= 0.6 is 0 Å². The van der Waals surface area contributed by atoms with E-state index in [2.05, 4.69) is 15.0 Å². The van der Waals surface area contributed by atoms with Crippen molar-refractivity contribution in [2.45, 2.75) is 75.5 Å². The van der Waals surface area contributed by atoms with Gasteiger partial charge in [-0.15, -0.1) is 13.2 Å². The van der Waals surface area contributed by atoms with Crippen molar-refractivity contribution in [1.82, 2.24) is 15.1 Å². The molecule has 3 heterocycles. The fourth-order valence-electron chi connectivity index (χ4n) is 6.39. The zero-order valence-corrected chi connectivity index (χ0v) is 21.8. The Morgan fingerprint density at radius 3 is 2.50 bits per heavy atom. The maximum absolute atomic E-state index is 13.0. The van der Waals surface area contributed by atoms with Gasteiger partial charge in [0.2, 0.25) is 11.8 Å². The number of amides is 3. The van der Waals surface area contributed by atoms with E-state index in [0.717, 1.165) is 49.9 Å². The minimum absolute atomic E-state index is 0.0454. The Labute approximate surface area is 229 Å². The molecule has 3 unspecified atom stereocenters. The number of alkyl halides is 3. The molecule has 1 saturated carbocycles. The molecule has 3 fully saturated rings. The van der Waals surface area contributed by atoms with Crippen LogP contribution in [0.5, 0.6) is 11.5 Å². The van der Waals surface area contributed by atoms with E-state index in [1.807, 2.05) is 12.1 Å². The van der Waals surface area contributed by atoms with Crippen LogP contribution in [0.15, 0.2) is 42.5 Å². The average Bonchev–Trinajstić information content (AvgIpc) is 3.19. The van der Waals surface area contributed by atoms with Gasteiger partial charge in [-0.1, -0.05) is 18.6 Å². The van der Waals surface area contributed by atoms with Gasteiger partial charge in [0.25, 0.3) is 5.91 Å². The minimum Gasteiger partial charge on any atom is -0.489 e. The monoisotopic (exact) mass is 557 g/mol. The van der Waals surface area contributed by atoms with Crippen LogP contribution in [-0.4, -0.2) is 65.2 Å². The van der Waals surface area contributed by atoms with Crippen LogP contribution in [0.1, 0.15) is 65.9 Å². The minimum atomic E-state index is -4.72. The summed E-state index contributed by atoms with van der Waals surface area (Å²) in [5.74, 6) is -0.380. The van der Waals surface area contributed by atoms with Crippen LogP contribution in [0.25, 0.3) is 0 Å². The Bertz CT molecular complexity index is 1330. The molecule has 6 rings (SSSR count). The van der Waals surface area contributed by atoms with Crippen LogP contribution in [0.4, 0.5) is 13.2 Å². The lowest BCUT2D eigenvalue weighted by atomic mass is 9.84. The second-order valence-corrected chi connectivity index (χ2v) is 11.0. The quantitative estimate of drug-likeness (QED) is 0.538. The number of carbonyl (C=O) groups excluding carboxylic acids is 3. The molecule has 8 nitrogen and oxygen atoms in total. The molecule has 1 N–H and O–H groups in total. The van der Waals surface area contributed by atoms with Crippen molar-refractivity contribution >= 4 is 17.7 Å². The third kappa shape index (κ3) is 5.39. The molecular weight excluding hydrogens is 527 g/mol. The number of benzene rings is 2. The number of rotatable bonds is 6. The number of hydrogen-bond acceptors (Lipinski definition) is 6. The summed E-state index contributed by atoms with van der Waals surface area (Å²) in [6.07, 6.45) is -0.254. The first-order valence-corrected chi connectivity index (χ1v) is 13.7. The molecule has 0 bridgehead atoms. The first kappa shape index (κ1) is 26.6. The van der Waals surface area contributed by atoms with Crippen LogP contribution < -0.4 is 14.8 Å². The van der Waals surface area contributed by atoms with Crippen molar-refractivity contribution in [2.24, 2.45) is 0 Å². The van der Waals surface area contributed by atoms with E-state index in [9.17, 15) is 27.6 Å². The molecule has 212 valence electrons. The second-order valence-electron chi connectivity index (χ2n) is 11.0. The molecule has 2 saturated heterocycles. The largest absolute Gasteiger partial charge is 0.573 e. The smallest absolute Gasteiger partial charge is 0.489 e. The predicted molar refractivity (Wildman–Crippen MR) is 137 cm³/mol. The number of nitrogens with zero attached hydrogens (tertiary/aromatic N) is 2. The van der Waals surface area contributed by atoms with E-state index in [4.69, 9.17) is 4.74 Å². The second kappa shape index (κ2) is 10.4. The number of carbonyl (C=O) groups is 3. The van der Waals surface area contributed by atoms with Gasteiger partial charge in [-0.2, -0.15) is 0 Å². The number of ether oxygens (including phenoxy) is 2. The van der Waals surface area contributed by atoms with Crippen LogP contribution in [-0.2, 0) is 16.1 Å². The Balaban J connectivity index is 1.09. The predicted octanol–water partition coefficient (Wildman–Crippen LogP) is 4.14. The maximum atomic E-state index is 13.0. The van der Waals surface area contributed by atoms with Gasteiger partial charge in [0.15, 0.2) is 0 Å². The number of imide groups is 1. The normalized spacial score (nSPS) is 25.8. The van der Waals surface area contributed by atoms with Gasteiger partial charge in [0.1, 0.15) is 23.6 Å². The fourth-order valence-corrected chi connectivity index (χ4v) is 6.39. The van der Waals surface area contributed by atoms with Crippen molar-refractivity contribution in [3.8, 4) is 11.5 Å². The molecule has 40 heavy (non-hydrogen) atoms. The molecule has 11 heteroatoms. The van der Waals surface area contributed by atoms with Crippen LogP contribution in [0, 0.1) is 0 Å². The van der Waals surface area contributed by atoms with E-state index < -0.39 is 18.3 Å². The summed E-state index contributed by atoms with van der Waals surface area (Å²) in [4.78, 5) is 40.7. The Morgan fingerprint density at radius 2 is 1.73 bits per heavy atom. The summed E-state index contributed by atoms with van der Waals surface area (Å²) < 4.78 is 48.5. The Hall–Kier alpha value is -3.60. The van der Waals surface area contributed by atoms with E-state index in [1.54, 1.807) is 18.2 Å². The van der Waals surface area contributed by atoms with Gasteiger partial charge in [-0.05, 0) is 67.1 Å². The summed E-state index contributed by atoms with van der Waals surface area (Å²) in [6, 6.07) is 11.1. The topological polar surface area (TPSA) is 88.2 Å². The number of piperidine rings is 1. The first-order valence-electron chi connectivity index (χ1n) is 13.7. The van der Waals surface area contributed by atoms with Gasteiger partial charge in [-0.3, -0.25) is 24.6 Å². The molecule has 2 aromatic carbocycles. The zero-order chi connectivity index (χ0) is 28.0. The van der Waals surface area contributed by atoms with Gasteiger partial charge < -0.3 is 14.4 Å². The Kier molecular flexibility index (Phi) is 6.93. The SMILES string of the molecule is O=C1CCC(N2Cc3cc(OC4CCCCC4N4CC(c5cccc(OC(F)(F)F)c5)C4)ccc3C2=O)C(=O)N1. The van der Waals surface area contributed by atoms with Crippen molar-refractivity contribution in [2.75, 3.05) is 13.1 Å². The fraction of sp³-hybridized carbons (Fsp3) is 0.483. The molecule has 2 aromatic rings. The summed E-state index contributed by atoms with van der Waals surface area (Å²) >= 11 is 0. The van der Waals surface area contributed by atoms with E-state index in [1.165, 1.54) is 17.0 Å². The molecule has 3 aliphatic heterocycles. The third-order valence-corrected chi connectivity index (χ3v) is 8.39. The number of fused-ring (bicyclic) bond motifs is 1. The highest BCUT2D eigenvalue weighted by Gasteiger charge is 2.41. The summed E-state index contributed by atoms with van der Waals surface area (Å²) in [6.45, 7) is 1.76. The van der Waals surface area contributed by atoms with E-state index in [0.29, 0.717) is 17.7 Å². The molecule has 4 aliphatic rings. The molecular formula is C29H30F3N3O5. The molecule has 1 aliphatic carbocycles. The number of halogens is 3. The highest BCUT2D eigenvalue weighted by molar-refractivity contribution is 6.05. The standard InChI is InChI=1S/C29H30F3N3O5/c30-29(31,32)40-21-5-3-4-17(12-21)19-14-34(15-19)23-6-1-2-7-25(23)39-20-8-9-22-18(13-20)16-35(28(22)38)24-10-11-26(36)33-27(24)37/h3-5,8-9,12-13,19,23-25H,1-2,6-7,10-11,14-16H2,(H,33,36,37). The zero-order valence-electron chi connectivity index (χ0n) is 21.8. The van der Waals surface area contributed by atoms with Crippen molar-refractivity contribution in [3.05, 3.63) is 59.2 Å². The lowest BCUT2D eigenvalue weighted by Crippen LogP contribution is -2.57. The molecule has 0 radical (unpaired) electrons. The third-order valence-electron chi connectivity index (χ3n) is 8.39. The number of likely N-dealkylation sites (tertiary alicyclic amines) is 1. The molecule has 0 aromatic heterocycles. The van der Waals surface area contributed by atoms with Crippen molar-refractivity contribution < 1.29 is 37.0 Å². The van der Waals surface area contributed by atoms with Gasteiger partial charge in [-0.25, -0.2) is 0 Å². The first-order chi connectivity index (χ1) is 19.1. The lowest BCUT2D eigenvalue weighted by molar-refractivity contribution is -0.274. The average molecular weight is 558 g/mol. The van der Waals surface area contributed by atoms with Crippen LogP contribution in [0.2, 0.25) is 0 Å². The van der Waals surface area contributed by atoms with Crippen LogP contribution in [0.3, 0.4) is 0 Å². The summed E-state index contributed by atoms with van der Waals surface area (Å²) in [5, 5.41) is 2.32. The lowest BCUT2D eigenvalue weighted by Gasteiger charge is -2.48. The molecule has 3 atom stereocenters. The highest BCUT2D eigenvalue weighted by Crippen LogP contribution is 2.37. The van der Waals surface area contributed by atoms with Crippen molar-refractivity contribution in [3.63, 3.8) is 0 Å².